The molecule has 7 nitrogen and oxygen atoms in total. The van der Waals surface area contributed by atoms with Gasteiger partial charge in [0.2, 0.25) is 11.7 Å². The van der Waals surface area contributed by atoms with Crippen LogP contribution in [0.3, 0.4) is 0 Å². The van der Waals surface area contributed by atoms with Crippen LogP contribution in [-0.2, 0) is 6.54 Å². The molecule has 27 heavy (non-hydrogen) atoms. The third-order valence-corrected chi connectivity index (χ3v) is 4.26. The summed E-state index contributed by atoms with van der Waals surface area (Å²) in [6.07, 6.45) is 0. The predicted octanol–water partition coefficient (Wildman–Crippen LogP) is 3.68. The van der Waals surface area contributed by atoms with E-state index in [2.05, 4.69) is 10.1 Å². The molecule has 8 heteroatoms. The average Bonchev–Trinajstić information content (AvgIpc) is 3.15. The number of ether oxygens (including phenoxy) is 2. The Morgan fingerprint density at radius 2 is 1.89 bits per heavy atom. The first-order valence-electron chi connectivity index (χ1n) is 8.08. The minimum Gasteiger partial charge on any atom is -0.493 e. The highest BCUT2D eigenvalue weighted by Crippen LogP contribution is 2.31. The van der Waals surface area contributed by atoms with Gasteiger partial charge in [0.05, 0.1) is 31.4 Å². The van der Waals surface area contributed by atoms with E-state index in [1.165, 1.54) is 4.90 Å². The molecule has 140 valence electrons. The van der Waals surface area contributed by atoms with Crippen molar-refractivity contribution in [2.24, 2.45) is 0 Å². The summed E-state index contributed by atoms with van der Waals surface area (Å²) in [6.45, 7) is 0.157. The predicted molar refractivity (Wildman–Crippen MR) is 100 cm³/mol. The molecule has 0 aliphatic carbocycles. The lowest BCUT2D eigenvalue weighted by Crippen LogP contribution is -2.26. The number of carbonyl (C=O) groups excluding carboxylic acids is 1. The molecule has 1 amide bonds. The Hall–Kier alpha value is -3.06. The van der Waals surface area contributed by atoms with Crippen molar-refractivity contribution < 1.29 is 18.8 Å². The number of nitrogens with zero attached hydrogens (tertiary/aromatic N) is 3. The molecule has 0 unspecified atom stereocenters. The molecule has 0 aliphatic heterocycles. The molecule has 0 bridgehead atoms. The summed E-state index contributed by atoms with van der Waals surface area (Å²) in [5.41, 5.74) is 1.13. The highest BCUT2D eigenvalue weighted by Gasteiger charge is 2.18. The number of hydrogen-bond donors (Lipinski definition) is 0. The number of halogens is 1. The number of aromatic nitrogens is 2. The second-order valence-electron chi connectivity index (χ2n) is 5.72. The van der Waals surface area contributed by atoms with Crippen LogP contribution in [0.4, 0.5) is 0 Å². The van der Waals surface area contributed by atoms with E-state index < -0.39 is 0 Å². The second kappa shape index (κ2) is 8.09. The lowest BCUT2D eigenvalue weighted by atomic mass is 10.2. The Labute approximate surface area is 161 Å². The van der Waals surface area contributed by atoms with Crippen LogP contribution in [0.1, 0.15) is 16.2 Å². The van der Waals surface area contributed by atoms with Gasteiger partial charge < -0.3 is 18.9 Å². The van der Waals surface area contributed by atoms with Gasteiger partial charge in [-0.15, -0.1) is 0 Å². The quantitative estimate of drug-likeness (QED) is 0.642. The molecule has 0 atom stereocenters. The molecule has 0 aliphatic rings. The van der Waals surface area contributed by atoms with Crippen LogP contribution in [0.15, 0.2) is 47.0 Å². The second-order valence-corrected chi connectivity index (χ2v) is 6.13. The van der Waals surface area contributed by atoms with E-state index >= 15 is 0 Å². The lowest BCUT2D eigenvalue weighted by Gasteiger charge is -2.15. The minimum atomic E-state index is -0.230. The van der Waals surface area contributed by atoms with Gasteiger partial charge in [-0.2, -0.15) is 4.98 Å². The summed E-state index contributed by atoms with van der Waals surface area (Å²) in [4.78, 5) is 18.3. The average molecular weight is 388 g/mol. The standard InChI is InChI=1S/C19H18ClN3O4/c1-23(19(24)13-6-4-5-7-14(13)20)11-17-21-18(22-27-17)12-8-9-15(25-2)16(10-12)26-3/h4-10H,11H2,1-3H3. The maximum absolute atomic E-state index is 12.5. The van der Waals surface area contributed by atoms with Gasteiger partial charge in [0.25, 0.3) is 5.91 Å². The van der Waals surface area contributed by atoms with Crippen LogP contribution in [0, 0.1) is 0 Å². The SMILES string of the molecule is COc1ccc(-c2noc(CN(C)C(=O)c3ccccc3Cl)n2)cc1OC. The highest BCUT2D eigenvalue weighted by molar-refractivity contribution is 6.33. The first-order chi connectivity index (χ1) is 13.0. The van der Waals surface area contributed by atoms with E-state index in [-0.39, 0.29) is 12.5 Å². The zero-order chi connectivity index (χ0) is 19.4. The zero-order valence-corrected chi connectivity index (χ0v) is 15.9. The fourth-order valence-electron chi connectivity index (χ4n) is 2.53. The van der Waals surface area contributed by atoms with Crippen molar-refractivity contribution in [3.05, 3.63) is 58.9 Å². The number of benzene rings is 2. The molecule has 1 aromatic heterocycles. The fourth-order valence-corrected chi connectivity index (χ4v) is 2.74. The van der Waals surface area contributed by atoms with E-state index in [9.17, 15) is 4.79 Å². The largest absolute Gasteiger partial charge is 0.493 e. The molecular formula is C19H18ClN3O4. The normalized spacial score (nSPS) is 10.5. The zero-order valence-electron chi connectivity index (χ0n) is 15.1. The van der Waals surface area contributed by atoms with Crippen molar-refractivity contribution in [1.82, 2.24) is 15.0 Å². The summed E-state index contributed by atoms with van der Waals surface area (Å²) < 4.78 is 15.8. The first-order valence-corrected chi connectivity index (χ1v) is 8.46. The van der Waals surface area contributed by atoms with Crippen molar-refractivity contribution in [3.63, 3.8) is 0 Å². The molecule has 0 N–H and O–H groups in total. The molecule has 0 spiro atoms. The van der Waals surface area contributed by atoms with Crippen molar-refractivity contribution in [3.8, 4) is 22.9 Å². The number of rotatable bonds is 6. The third-order valence-electron chi connectivity index (χ3n) is 3.93. The Morgan fingerprint density at radius 1 is 1.15 bits per heavy atom. The van der Waals surface area contributed by atoms with Crippen LogP contribution < -0.4 is 9.47 Å². The van der Waals surface area contributed by atoms with E-state index in [0.29, 0.717) is 39.4 Å². The van der Waals surface area contributed by atoms with Crippen molar-refractivity contribution in [2.75, 3.05) is 21.3 Å². The van der Waals surface area contributed by atoms with E-state index in [1.54, 1.807) is 63.7 Å². The monoisotopic (exact) mass is 387 g/mol. The third kappa shape index (κ3) is 4.03. The number of carbonyl (C=O) groups is 1. The molecule has 2 aromatic carbocycles. The number of amides is 1. The molecule has 3 rings (SSSR count). The van der Waals surface area contributed by atoms with Gasteiger partial charge in [-0.3, -0.25) is 4.79 Å². The van der Waals surface area contributed by atoms with Gasteiger partial charge in [-0.1, -0.05) is 28.9 Å². The summed E-state index contributed by atoms with van der Waals surface area (Å²) in [7, 11) is 4.76. The first kappa shape index (κ1) is 18.7. The summed E-state index contributed by atoms with van der Waals surface area (Å²) >= 11 is 6.08. The molecular weight excluding hydrogens is 370 g/mol. The fraction of sp³-hybridized carbons (Fsp3) is 0.211. The maximum atomic E-state index is 12.5. The van der Waals surface area contributed by atoms with Crippen LogP contribution in [0.2, 0.25) is 5.02 Å². The van der Waals surface area contributed by atoms with Crippen molar-refractivity contribution >= 4 is 17.5 Å². The summed E-state index contributed by atoms with van der Waals surface area (Å²) in [5.74, 6) is 1.64. The Morgan fingerprint density at radius 3 is 2.59 bits per heavy atom. The van der Waals surface area contributed by atoms with Crippen LogP contribution in [0.25, 0.3) is 11.4 Å². The van der Waals surface area contributed by atoms with E-state index in [0.717, 1.165) is 0 Å². The molecule has 3 aromatic rings. The molecule has 0 saturated heterocycles. The molecule has 0 fully saturated rings. The van der Waals surface area contributed by atoms with Gasteiger partial charge in [0.15, 0.2) is 11.5 Å². The smallest absolute Gasteiger partial charge is 0.255 e. The maximum Gasteiger partial charge on any atom is 0.255 e. The molecule has 1 heterocycles. The van der Waals surface area contributed by atoms with Gasteiger partial charge in [-0.05, 0) is 30.3 Å². The molecule has 0 saturated carbocycles. The van der Waals surface area contributed by atoms with E-state index in [1.807, 2.05) is 0 Å². The van der Waals surface area contributed by atoms with Crippen LogP contribution >= 0.6 is 11.6 Å². The summed E-state index contributed by atoms with van der Waals surface area (Å²) in [5, 5.41) is 4.37. The van der Waals surface area contributed by atoms with Gasteiger partial charge >= 0.3 is 0 Å². The van der Waals surface area contributed by atoms with Crippen molar-refractivity contribution in [2.45, 2.75) is 6.54 Å². The topological polar surface area (TPSA) is 77.7 Å². The van der Waals surface area contributed by atoms with Gasteiger partial charge in [-0.25, -0.2) is 0 Å². The van der Waals surface area contributed by atoms with Gasteiger partial charge in [0.1, 0.15) is 0 Å². The molecule has 0 radical (unpaired) electrons. The summed E-state index contributed by atoms with van der Waals surface area (Å²) in [6, 6.07) is 12.2. The Balaban J connectivity index is 1.76. The lowest BCUT2D eigenvalue weighted by molar-refractivity contribution is 0.0769. The van der Waals surface area contributed by atoms with E-state index in [4.69, 9.17) is 25.6 Å². The number of methoxy groups -OCH3 is 2. The van der Waals surface area contributed by atoms with Crippen molar-refractivity contribution in [1.29, 1.82) is 0 Å². The Kier molecular flexibility index (Phi) is 5.61. The highest BCUT2D eigenvalue weighted by atomic mass is 35.5. The minimum absolute atomic E-state index is 0.157. The van der Waals surface area contributed by atoms with Gasteiger partial charge in [0, 0.05) is 12.6 Å². The Bertz CT molecular complexity index is 958. The van der Waals surface area contributed by atoms with Crippen LogP contribution in [0.5, 0.6) is 11.5 Å². The number of hydrogen-bond acceptors (Lipinski definition) is 6. The van der Waals surface area contributed by atoms with Crippen LogP contribution in [-0.4, -0.2) is 42.2 Å².